The van der Waals surface area contributed by atoms with E-state index in [1.54, 1.807) is 12.4 Å². The molecule has 0 spiro atoms. The molecule has 84 valence electrons. The summed E-state index contributed by atoms with van der Waals surface area (Å²) < 4.78 is 4.35. The van der Waals surface area contributed by atoms with Crippen LogP contribution in [0, 0.1) is 5.92 Å². The molecule has 0 saturated carbocycles. The highest BCUT2D eigenvalue weighted by Gasteiger charge is 1.97. The number of aromatic nitrogens is 1. The number of hydrogen-bond donors (Lipinski definition) is 1. The molecule has 0 radical (unpaired) electrons. The number of methoxy groups -OCH3 is 1. The lowest BCUT2D eigenvalue weighted by atomic mass is 10.2. The lowest BCUT2D eigenvalue weighted by Gasteiger charge is -2.04. The summed E-state index contributed by atoms with van der Waals surface area (Å²) in [6.45, 7) is 4.72. The van der Waals surface area contributed by atoms with Gasteiger partial charge in [0.25, 0.3) is 0 Å². The van der Waals surface area contributed by atoms with Gasteiger partial charge >= 0.3 is 6.09 Å². The first-order chi connectivity index (χ1) is 7.16. The first kappa shape index (κ1) is 13.4. The summed E-state index contributed by atoms with van der Waals surface area (Å²) in [7, 11) is 1.36. The zero-order valence-electron chi connectivity index (χ0n) is 9.43. The Hall–Kier alpha value is -1.58. The predicted octanol–water partition coefficient (Wildman–Crippen LogP) is 2.08. The van der Waals surface area contributed by atoms with Crippen LogP contribution in [0.25, 0.3) is 0 Å². The van der Waals surface area contributed by atoms with E-state index in [1.807, 2.05) is 32.0 Å². The Labute approximate surface area is 90.7 Å². The van der Waals surface area contributed by atoms with Gasteiger partial charge in [0.15, 0.2) is 0 Å². The zero-order chi connectivity index (χ0) is 11.5. The van der Waals surface area contributed by atoms with E-state index in [4.69, 9.17) is 0 Å². The third-order valence-corrected chi connectivity index (χ3v) is 1.41. The fourth-order valence-electron chi connectivity index (χ4n) is 0.672. The molecule has 0 saturated heterocycles. The number of alkyl carbamates (subject to hydrolysis) is 1. The van der Waals surface area contributed by atoms with Crippen LogP contribution in [0.15, 0.2) is 30.6 Å². The average Bonchev–Trinajstić information content (AvgIpc) is 2.29. The van der Waals surface area contributed by atoms with E-state index in [2.05, 4.69) is 15.0 Å². The molecule has 1 heterocycles. The highest BCUT2D eigenvalue weighted by Crippen LogP contribution is 1.86. The number of amides is 1. The van der Waals surface area contributed by atoms with Gasteiger partial charge in [-0.05, 0) is 18.1 Å². The van der Waals surface area contributed by atoms with Gasteiger partial charge < -0.3 is 10.1 Å². The molecule has 15 heavy (non-hydrogen) atoms. The van der Waals surface area contributed by atoms with Crippen LogP contribution in [0.2, 0.25) is 0 Å². The minimum Gasteiger partial charge on any atom is -0.453 e. The van der Waals surface area contributed by atoms with Crippen LogP contribution >= 0.6 is 0 Å². The van der Waals surface area contributed by atoms with Crippen molar-refractivity contribution < 1.29 is 9.53 Å². The first-order valence-electron chi connectivity index (χ1n) is 4.83. The summed E-state index contributed by atoms with van der Waals surface area (Å²) >= 11 is 0. The topological polar surface area (TPSA) is 51.2 Å². The van der Waals surface area contributed by atoms with Gasteiger partial charge in [-0.3, -0.25) is 4.98 Å². The van der Waals surface area contributed by atoms with E-state index in [-0.39, 0.29) is 6.09 Å². The fourth-order valence-corrected chi connectivity index (χ4v) is 0.672. The molecule has 1 rings (SSSR count). The number of rotatable bonds is 2. The molecule has 1 aromatic rings. The molecular formula is C11H18N2O2. The fraction of sp³-hybridized carbons (Fsp3) is 0.455. The minimum absolute atomic E-state index is 0.358. The van der Waals surface area contributed by atoms with E-state index < -0.39 is 0 Å². The lowest BCUT2D eigenvalue weighted by Crippen LogP contribution is -2.26. The van der Waals surface area contributed by atoms with Gasteiger partial charge in [0, 0.05) is 18.9 Å². The second-order valence-corrected chi connectivity index (χ2v) is 3.29. The summed E-state index contributed by atoms with van der Waals surface area (Å²) in [6, 6.07) is 5.72. The summed E-state index contributed by atoms with van der Waals surface area (Å²) in [5.74, 6) is 0.476. The Kier molecular flexibility index (Phi) is 8.05. The van der Waals surface area contributed by atoms with Crippen molar-refractivity contribution in [2.75, 3.05) is 13.7 Å². The lowest BCUT2D eigenvalue weighted by molar-refractivity contribution is 0.169. The molecule has 4 heteroatoms. The first-order valence-corrected chi connectivity index (χ1v) is 4.83. The standard InChI is InChI=1S/C6H13NO2.C5H5N/c1-5(2)4-7-6(8)9-3;1-2-4-6-5-3-1/h5H,4H2,1-3H3,(H,7,8);1-5H. The van der Waals surface area contributed by atoms with Gasteiger partial charge in [-0.25, -0.2) is 4.79 Å². The number of ether oxygens (including phenoxy) is 1. The van der Waals surface area contributed by atoms with Crippen LogP contribution in [0.1, 0.15) is 13.8 Å². The maximum absolute atomic E-state index is 10.4. The van der Waals surface area contributed by atoms with Gasteiger partial charge in [-0.2, -0.15) is 0 Å². The molecule has 0 aliphatic rings. The molecule has 0 aromatic carbocycles. The molecule has 0 fully saturated rings. The molecule has 0 aliphatic heterocycles. The third kappa shape index (κ3) is 10.3. The summed E-state index contributed by atoms with van der Waals surface area (Å²) in [4.78, 5) is 14.2. The minimum atomic E-state index is -0.358. The SMILES string of the molecule is COC(=O)NCC(C)C.c1ccncc1. The molecule has 1 amide bonds. The maximum atomic E-state index is 10.4. The number of carbonyl (C=O) groups excluding carboxylic acids is 1. The summed E-state index contributed by atoms with van der Waals surface area (Å²) in [5.41, 5.74) is 0. The zero-order valence-corrected chi connectivity index (χ0v) is 9.43. The molecule has 0 unspecified atom stereocenters. The third-order valence-electron chi connectivity index (χ3n) is 1.41. The van der Waals surface area contributed by atoms with Gasteiger partial charge in [-0.15, -0.1) is 0 Å². The van der Waals surface area contributed by atoms with Gasteiger partial charge in [0.2, 0.25) is 0 Å². The van der Waals surface area contributed by atoms with Crippen molar-refractivity contribution in [1.82, 2.24) is 10.3 Å². The van der Waals surface area contributed by atoms with E-state index in [9.17, 15) is 4.79 Å². The molecule has 0 aliphatic carbocycles. The van der Waals surface area contributed by atoms with Crippen LogP contribution in [0.4, 0.5) is 4.79 Å². The van der Waals surface area contributed by atoms with Gasteiger partial charge in [0.1, 0.15) is 0 Å². The van der Waals surface area contributed by atoms with E-state index in [0.29, 0.717) is 12.5 Å². The number of hydrogen-bond acceptors (Lipinski definition) is 3. The Morgan fingerprint density at radius 1 is 1.33 bits per heavy atom. The predicted molar refractivity (Wildman–Crippen MR) is 59.5 cm³/mol. The second kappa shape index (κ2) is 8.99. The molecule has 0 atom stereocenters. The van der Waals surface area contributed by atoms with Crippen molar-refractivity contribution in [3.63, 3.8) is 0 Å². The number of carbonyl (C=O) groups is 1. The highest BCUT2D eigenvalue weighted by atomic mass is 16.5. The summed E-state index contributed by atoms with van der Waals surface area (Å²) in [5, 5.41) is 2.57. The number of nitrogens with zero attached hydrogens (tertiary/aromatic N) is 1. The largest absolute Gasteiger partial charge is 0.453 e. The molecule has 4 nitrogen and oxygen atoms in total. The number of nitrogens with one attached hydrogen (secondary N) is 1. The van der Waals surface area contributed by atoms with E-state index in [0.717, 1.165) is 0 Å². The number of pyridine rings is 1. The normalized spacial score (nSPS) is 8.80. The van der Waals surface area contributed by atoms with Crippen LogP contribution in [0.3, 0.4) is 0 Å². The van der Waals surface area contributed by atoms with Crippen LogP contribution in [-0.2, 0) is 4.74 Å². The molecule has 1 aromatic heterocycles. The monoisotopic (exact) mass is 210 g/mol. The highest BCUT2D eigenvalue weighted by molar-refractivity contribution is 5.66. The quantitative estimate of drug-likeness (QED) is 0.813. The van der Waals surface area contributed by atoms with Gasteiger partial charge in [-0.1, -0.05) is 19.9 Å². The van der Waals surface area contributed by atoms with Crippen molar-refractivity contribution >= 4 is 6.09 Å². The van der Waals surface area contributed by atoms with Crippen molar-refractivity contribution in [3.05, 3.63) is 30.6 Å². The van der Waals surface area contributed by atoms with Gasteiger partial charge in [0.05, 0.1) is 7.11 Å². The Morgan fingerprint density at radius 3 is 2.20 bits per heavy atom. The maximum Gasteiger partial charge on any atom is 0.406 e. The van der Waals surface area contributed by atoms with Crippen LogP contribution in [-0.4, -0.2) is 24.7 Å². The molecular weight excluding hydrogens is 192 g/mol. The average molecular weight is 210 g/mol. The van der Waals surface area contributed by atoms with Crippen molar-refractivity contribution in [2.24, 2.45) is 5.92 Å². The smallest absolute Gasteiger partial charge is 0.406 e. The Bertz CT molecular complexity index is 223. The van der Waals surface area contributed by atoms with E-state index in [1.165, 1.54) is 7.11 Å². The summed E-state index contributed by atoms with van der Waals surface area (Å²) in [6.07, 6.45) is 3.14. The Balaban J connectivity index is 0.000000280. The molecule has 1 N–H and O–H groups in total. The van der Waals surface area contributed by atoms with Crippen molar-refractivity contribution in [1.29, 1.82) is 0 Å². The van der Waals surface area contributed by atoms with Crippen molar-refractivity contribution in [2.45, 2.75) is 13.8 Å². The van der Waals surface area contributed by atoms with Crippen LogP contribution < -0.4 is 5.32 Å². The molecule has 0 bridgehead atoms. The Morgan fingerprint density at radius 2 is 1.93 bits per heavy atom. The van der Waals surface area contributed by atoms with E-state index >= 15 is 0 Å². The second-order valence-electron chi connectivity index (χ2n) is 3.29. The van der Waals surface area contributed by atoms with Crippen molar-refractivity contribution in [3.8, 4) is 0 Å². The van der Waals surface area contributed by atoms with Crippen LogP contribution in [0.5, 0.6) is 0 Å².